The summed E-state index contributed by atoms with van der Waals surface area (Å²) in [7, 11) is 1.47. The molecular formula is C27H23F3N4O2. The molecule has 2 heterocycles. The van der Waals surface area contributed by atoms with E-state index in [9.17, 15) is 18.0 Å². The summed E-state index contributed by atoms with van der Waals surface area (Å²) < 4.78 is 44.1. The molecule has 184 valence electrons. The molecule has 2 N–H and O–H groups in total. The SMILES string of the molecule is COc1ccc(-c2ccc(C(F)(F)F)cc2)c(C(=O)Nc2ccc(NCCc3ccccn3)nc2)c1. The van der Waals surface area contributed by atoms with Crippen molar-refractivity contribution in [3.63, 3.8) is 0 Å². The molecule has 0 aliphatic rings. The smallest absolute Gasteiger partial charge is 0.416 e. The van der Waals surface area contributed by atoms with Crippen molar-refractivity contribution in [1.29, 1.82) is 0 Å². The lowest BCUT2D eigenvalue weighted by atomic mass is 9.97. The summed E-state index contributed by atoms with van der Waals surface area (Å²) in [5.74, 6) is 0.651. The quantitative estimate of drug-likeness (QED) is 0.312. The Morgan fingerprint density at radius 2 is 1.78 bits per heavy atom. The van der Waals surface area contributed by atoms with Gasteiger partial charge in [-0.25, -0.2) is 4.98 Å². The average molecular weight is 493 g/mol. The van der Waals surface area contributed by atoms with Gasteiger partial charge in [0, 0.05) is 24.9 Å². The van der Waals surface area contributed by atoms with Crippen LogP contribution < -0.4 is 15.4 Å². The number of aromatic nitrogens is 2. The van der Waals surface area contributed by atoms with Gasteiger partial charge in [-0.15, -0.1) is 0 Å². The Kier molecular flexibility index (Phi) is 7.48. The Balaban J connectivity index is 1.47. The number of ether oxygens (including phenoxy) is 1. The first-order valence-corrected chi connectivity index (χ1v) is 11.1. The summed E-state index contributed by atoms with van der Waals surface area (Å²) in [6.45, 7) is 0.649. The van der Waals surface area contributed by atoms with Gasteiger partial charge in [0.2, 0.25) is 0 Å². The van der Waals surface area contributed by atoms with Crippen LogP contribution in [0.25, 0.3) is 11.1 Å². The van der Waals surface area contributed by atoms with E-state index >= 15 is 0 Å². The molecule has 0 aliphatic heterocycles. The molecule has 2 aromatic heterocycles. The van der Waals surface area contributed by atoms with Crippen molar-refractivity contribution in [2.45, 2.75) is 12.6 Å². The monoisotopic (exact) mass is 492 g/mol. The molecule has 0 unspecified atom stereocenters. The number of benzene rings is 2. The van der Waals surface area contributed by atoms with Crippen molar-refractivity contribution in [3.8, 4) is 16.9 Å². The van der Waals surface area contributed by atoms with E-state index < -0.39 is 17.6 Å². The second-order valence-corrected chi connectivity index (χ2v) is 7.87. The van der Waals surface area contributed by atoms with Crippen LogP contribution in [0.1, 0.15) is 21.6 Å². The van der Waals surface area contributed by atoms with Gasteiger partial charge in [-0.3, -0.25) is 9.78 Å². The van der Waals surface area contributed by atoms with Crippen LogP contribution in [0.2, 0.25) is 0 Å². The van der Waals surface area contributed by atoms with E-state index in [4.69, 9.17) is 4.74 Å². The molecule has 0 spiro atoms. The number of pyridine rings is 2. The van der Waals surface area contributed by atoms with E-state index in [1.54, 1.807) is 36.5 Å². The molecule has 0 atom stereocenters. The molecule has 4 aromatic rings. The van der Waals surface area contributed by atoms with Crippen LogP contribution in [-0.4, -0.2) is 29.5 Å². The topological polar surface area (TPSA) is 76.1 Å². The summed E-state index contributed by atoms with van der Waals surface area (Å²) >= 11 is 0. The lowest BCUT2D eigenvalue weighted by molar-refractivity contribution is -0.137. The minimum absolute atomic E-state index is 0.256. The van der Waals surface area contributed by atoms with E-state index in [-0.39, 0.29) is 5.56 Å². The van der Waals surface area contributed by atoms with Crippen LogP contribution in [0.4, 0.5) is 24.7 Å². The van der Waals surface area contributed by atoms with Gasteiger partial charge >= 0.3 is 6.18 Å². The largest absolute Gasteiger partial charge is 0.497 e. The van der Waals surface area contributed by atoms with Crippen molar-refractivity contribution in [3.05, 3.63) is 102 Å². The molecule has 9 heteroatoms. The van der Waals surface area contributed by atoms with Crippen molar-refractivity contribution in [1.82, 2.24) is 9.97 Å². The predicted octanol–water partition coefficient (Wildman–Crippen LogP) is 6.08. The van der Waals surface area contributed by atoms with Gasteiger partial charge < -0.3 is 15.4 Å². The third-order valence-corrected chi connectivity index (χ3v) is 5.43. The highest BCUT2D eigenvalue weighted by Gasteiger charge is 2.30. The number of alkyl halides is 3. The number of rotatable bonds is 8. The summed E-state index contributed by atoms with van der Waals surface area (Å²) in [5.41, 5.74) is 1.88. The van der Waals surface area contributed by atoms with Gasteiger partial charge in [0.15, 0.2) is 0 Å². The van der Waals surface area contributed by atoms with Crippen LogP contribution >= 0.6 is 0 Å². The molecule has 0 saturated heterocycles. The van der Waals surface area contributed by atoms with Crippen LogP contribution in [-0.2, 0) is 12.6 Å². The van der Waals surface area contributed by atoms with E-state index in [1.807, 2.05) is 18.2 Å². The van der Waals surface area contributed by atoms with Gasteiger partial charge in [0.1, 0.15) is 11.6 Å². The molecule has 0 bridgehead atoms. The number of anilines is 2. The minimum Gasteiger partial charge on any atom is -0.497 e. The van der Waals surface area contributed by atoms with E-state index in [2.05, 4.69) is 20.6 Å². The second kappa shape index (κ2) is 10.9. The van der Waals surface area contributed by atoms with Crippen molar-refractivity contribution in [2.24, 2.45) is 0 Å². The molecule has 0 fully saturated rings. The minimum atomic E-state index is -4.44. The maximum Gasteiger partial charge on any atom is 0.416 e. The molecule has 36 heavy (non-hydrogen) atoms. The predicted molar refractivity (Wildman–Crippen MR) is 132 cm³/mol. The summed E-state index contributed by atoms with van der Waals surface area (Å²) in [6.07, 6.45) is -0.427. The first kappa shape index (κ1) is 24.7. The van der Waals surface area contributed by atoms with Crippen LogP contribution in [0.5, 0.6) is 5.75 Å². The number of hydrogen-bond donors (Lipinski definition) is 2. The third-order valence-electron chi connectivity index (χ3n) is 5.43. The van der Waals surface area contributed by atoms with E-state index in [1.165, 1.54) is 25.4 Å². The fraction of sp³-hybridized carbons (Fsp3) is 0.148. The number of methoxy groups -OCH3 is 1. The summed E-state index contributed by atoms with van der Waals surface area (Å²) in [4.78, 5) is 21.7. The third kappa shape index (κ3) is 6.18. The standard InChI is InChI=1S/C27H23F3N4O2/c1-36-22-10-11-23(18-5-7-19(8-6-18)27(28,29)30)24(16-22)26(35)34-21-9-12-25(33-17-21)32-15-13-20-4-2-3-14-31-20/h2-12,14,16-17H,13,15H2,1H3,(H,32,33)(H,34,35). The van der Waals surface area contributed by atoms with Gasteiger partial charge in [0.05, 0.1) is 30.1 Å². The van der Waals surface area contributed by atoms with Gasteiger partial charge in [-0.1, -0.05) is 18.2 Å². The molecular weight excluding hydrogens is 469 g/mol. The molecule has 0 aliphatic carbocycles. The van der Waals surface area contributed by atoms with Crippen LogP contribution in [0.15, 0.2) is 85.2 Å². The maximum absolute atomic E-state index is 13.1. The lowest BCUT2D eigenvalue weighted by Gasteiger charge is -2.14. The molecule has 2 aromatic carbocycles. The Morgan fingerprint density at radius 3 is 2.42 bits per heavy atom. The molecule has 0 radical (unpaired) electrons. The summed E-state index contributed by atoms with van der Waals surface area (Å²) in [6, 6.07) is 18.7. The van der Waals surface area contributed by atoms with Crippen molar-refractivity contribution >= 4 is 17.4 Å². The fourth-order valence-electron chi connectivity index (χ4n) is 3.56. The second-order valence-electron chi connectivity index (χ2n) is 7.87. The highest BCUT2D eigenvalue weighted by Crippen LogP contribution is 2.33. The first-order valence-electron chi connectivity index (χ1n) is 11.1. The Bertz CT molecular complexity index is 1310. The summed E-state index contributed by atoms with van der Waals surface area (Å²) in [5, 5.41) is 6.00. The Labute approximate surface area is 206 Å². The maximum atomic E-state index is 13.1. The number of nitrogens with one attached hydrogen (secondary N) is 2. The normalized spacial score (nSPS) is 11.1. The zero-order valence-electron chi connectivity index (χ0n) is 19.3. The van der Waals surface area contributed by atoms with E-state index in [0.29, 0.717) is 34.9 Å². The average Bonchev–Trinajstić information content (AvgIpc) is 2.89. The van der Waals surface area contributed by atoms with Gasteiger partial charge in [0.25, 0.3) is 5.91 Å². The zero-order valence-corrected chi connectivity index (χ0v) is 19.3. The highest BCUT2D eigenvalue weighted by molar-refractivity contribution is 6.09. The van der Waals surface area contributed by atoms with Crippen LogP contribution in [0.3, 0.4) is 0 Å². The van der Waals surface area contributed by atoms with Crippen molar-refractivity contribution < 1.29 is 22.7 Å². The number of carbonyl (C=O) groups is 1. The molecule has 6 nitrogen and oxygen atoms in total. The molecule has 0 saturated carbocycles. The molecule has 4 rings (SSSR count). The fourth-order valence-corrected chi connectivity index (χ4v) is 3.56. The lowest BCUT2D eigenvalue weighted by Crippen LogP contribution is -2.14. The number of carbonyl (C=O) groups excluding carboxylic acids is 1. The van der Waals surface area contributed by atoms with Crippen LogP contribution in [0, 0.1) is 0 Å². The van der Waals surface area contributed by atoms with E-state index in [0.717, 1.165) is 24.2 Å². The first-order chi connectivity index (χ1) is 17.3. The molecule has 1 amide bonds. The van der Waals surface area contributed by atoms with Gasteiger partial charge in [-0.05, 0) is 65.7 Å². The Morgan fingerprint density at radius 1 is 0.972 bits per heavy atom. The number of nitrogens with zero attached hydrogens (tertiary/aromatic N) is 2. The van der Waals surface area contributed by atoms with Crippen molar-refractivity contribution in [2.75, 3.05) is 24.3 Å². The number of amides is 1. The Hall–Kier alpha value is -4.40. The highest BCUT2D eigenvalue weighted by atomic mass is 19.4. The van der Waals surface area contributed by atoms with Gasteiger partial charge in [-0.2, -0.15) is 13.2 Å². The number of halogens is 3. The zero-order chi connectivity index (χ0) is 25.5. The number of hydrogen-bond acceptors (Lipinski definition) is 5.